The first-order chi connectivity index (χ1) is 12.6. The van der Waals surface area contributed by atoms with Crippen LogP contribution in [0.3, 0.4) is 0 Å². The van der Waals surface area contributed by atoms with E-state index in [1.165, 1.54) is 5.56 Å². The minimum Gasteiger partial charge on any atom is -0.497 e. The Balaban J connectivity index is 2.00. The molecule has 0 N–H and O–H groups in total. The maximum absolute atomic E-state index is 12.5. The first kappa shape index (κ1) is 18.5. The quantitative estimate of drug-likeness (QED) is 0.760. The number of aryl methyl sites for hydroxylation is 1. The molecule has 1 aliphatic heterocycles. The van der Waals surface area contributed by atoms with Gasteiger partial charge in [0.2, 0.25) is 0 Å². The number of pyridine rings is 1. The number of ether oxygens (including phenoxy) is 4. The van der Waals surface area contributed by atoms with Gasteiger partial charge in [0.25, 0.3) is 0 Å². The zero-order valence-electron chi connectivity index (χ0n) is 15.7. The molecule has 0 radical (unpaired) electrons. The highest BCUT2D eigenvalue weighted by atomic mass is 16.6. The van der Waals surface area contributed by atoms with Crippen LogP contribution in [0.5, 0.6) is 11.6 Å². The van der Waals surface area contributed by atoms with Crippen LogP contribution in [-0.4, -0.2) is 45.2 Å². The second-order valence-corrected chi connectivity index (χ2v) is 6.37. The second-order valence-electron chi connectivity index (χ2n) is 6.37. The fourth-order valence-electron chi connectivity index (χ4n) is 3.33. The molecule has 1 aliphatic rings. The summed E-state index contributed by atoms with van der Waals surface area (Å²) in [6.45, 7) is 3.36. The van der Waals surface area contributed by atoms with Gasteiger partial charge in [-0.2, -0.15) is 0 Å². The zero-order valence-corrected chi connectivity index (χ0v) is 15.7. The van der Waals surface area contributed by atoms with Crippen LogP contribution in [0.15, 0.2) is 29.1 Å². The smallest absolute Gasteiger partial charge is 0.197 e. The number of fused-ring (bicyclic) bond motifs is 3. The van der Waals surface area contributed by atoms with Crippen molar-refractivity contribution in [2.24, 2.45) is 0 Å². The van der Waals surface area contributed by atoms with Gasteiger partial charge in [-0.05, 0) is 37.1 Å². The van der Waals surface area contributed by atoms with E-state index < -0.39 is 0 Å². The predicted octanol–water partition coefficient (Wildman–Crippen LogP) is 2.43. The van der Waals surface area contributed by atoms with E-state index in [0.29, 0.717) is 19.1 Å². The van der Waals surface area contributed by atoms with E-state index in [2.05, 4.69) is 4.57 Å². The molecule has 3 rings (SSSR count). The third-order valence-electron chi connectivity index (χ3n) is 4.79. The van der Waals surface area contributed by atoms with E-state index in [9.17, 15) is 4.79 Å². The Hall–Kier alpha value is -2.31. The van der Waals surface area contributed by atoms with Crippen LogP contribution in [-0.2, 0) is 22.4 Å². The number of methoxy groups -OCH3 is 3. The highest BCUT2D eigenvalue weighted by molar-refractivity contribution is 5.70. The van der Waals surface area contributed by atoms with Gasteiger partial charge >= 0.3 is 0 Å². The van der Waals surface area contributed by atoms with Crippen LogP contribution in [0.4, 0.5) is 0 Å². The Bertz CT molecular complexity index is 843. The molecule has 0 fully saturated rings. The Kier molecular flexibility index (Phi) is 5.64. The van der Waals surface area contributed by atoms with E-state index in [-0.39, 0.29) is 11.5 Å². The molecule has 1 aromatic carbocycles. The molecule has 0 aliphatic carbocycles. The summed E-state index contributed by atoms with van der Waals surface area (Å²) in [4.78, 5) is 12.5. The number of nitrogens with zero attached hydrogens (tertiary/aromatic N) is 1. The maximum atomic E-state index is 12.5. The molecular formula is C20H25NO5. The van der Waals surface area contributed by atoms with Crippen molar-refractivity contribution in [2.75, 3.05) is 34.5 Å². The molecule has 2 heterocycles. The average molecular weight is 359 g/mol. The van der Waals surface area contributed by atoms with Gasteiger partial charge in [-0.1, -0.05) is 0 Å². The van der Waals surface area contributed by atoms with E-state index >= 15 is 0 Å². The fraction of sp³-hybridized carbons (Fsp3) is 0.450. The summed E-state index contributed by atoms with van der Waals surface area (Å²) in [5.41, 5.74) is 3.84. The Morgan fingerprint density at radius 1 is 1.15 bits per heavy atom. The molecular weight excluding hydrogens is 334 g/mol. The van der Waals surface area contributed by atoms with Gasteiger partial charge < -0.3 is 23.5 Å². The van der Waals surface area contributed by atoms with Crippen molar-refractivity contribution in [3.8, 4) is 22.9 Å². The summed E-state index contributed by atoms with van der Waals surface area (Å²) < 4.78 is 23.8. The third kappa shape index (κ3) is 3.48. The molecule has 1 aromatic heterocycles. The summed E-state index contributed by atoms with van der Waals surface area (Å²) in [5, 5.41) is 0. The first-order valence-electron chi connectivity index (χ1n) is 8.65. The van der Waals surface area contributed by atoms with Crippen molar-refractivity contribution in [1.29, 1.82) is 0 Å². The monoisotopic (exact) mass is 359 g/mol. The van der Waals surface area contributed by atoms with Gasteiger partial charge in [0.1, 0.15) is 18.5 Å². The highest BCUT2D eigenvalue weighted by Gasteiger charge is 2.23. The van der Waals surface area contributed by atoms with Gasteiger partial charge in [-0.3, -0.25) is 4.79 Å². The van der Waals surface area contributed by atoms with Crippen LogP contribution in [0, 0.1) is 6.92 Å². The normalized spacial score (nSPS) is 13.7. The molecule has 6 nitrogen and oxygen atoms in total. The van der Waals surface area contributed by atoms with Gasteiger partial charge in [0.15, 0.2) is 11.3 Å². The Labute approximate surface area is 153 Å². The van der Waals surface area contributed by atoms with Crippen LogP contribution in [0.1, 0.15) is 11.1 Å². The van der Waals surface area contributed by atoms with Crippen molar-refractivity contribution < 1.29 is 18.9 Å². The molecule has 2 aromatic rings. The summed E-state index contributed by atoms with van der Waals surface area (Å²) in [6.07, 6.45) is 0.664. The summed E-state index contributed by atoms with van der Waals surface area (Å²) in [6, 6.07) is 7.53. The van der Waals surface area contributed by atoms with Gasteiger partial charge in [0.05, 0.1) is 19.4 Å². The van der Waals surface area contributed by atoms with Crippen molar-refractivity contribution in [3.63, 3.8) is 0 Å². The van der Waals surface area contributed by atoms with Crippen molar-refractivity contribution in [2.45, 2.75) is 26.0 Å². The van der Waals surface area contributed by atoms with Gasteiger partial charge in [-0.25, -0.2) is 0 Å². The molecule has 1 atom stereocenters. The lowest BCUT2D eigenvalue weighted by Crippen LogP contribution is -2.28. The van der Waals surface area contributed by atoms with Crippen molar-refractivity contribution in [3.05, 3.63) is 45.6 Å². The summed E-state index contributed by atoms with van der Waals surface area (Å²) in [7, 11) is 4.90. The SMILES string of the molecule is COC[C@@H](COc1cc(=O)c(C)c2n1CCc1cc(OC)ccc1-2)OC. The number of benzene rings is 1. The van der Waals surface area contributed by atoms with E-state index in [1.807, 2.05) is 25.1 Å². The van der Waals surface area contributed by atoms with Crippen LogP contribution >= 0.6 is 0 Å². The number of hydrogen-bond acceptors (Lipinski definition) is 5. The molecule has 140 valence electrons. The molecule has 0 spiro atoms. The van der Waals surface area contributed by atoms with E-state index in [1.54, 1.807) is 27.4 Å². The first-order valence-corrected chi connectivity index (χ1v) is 8.65. The lowest BCUT2D eigenvalue weighted by molar-refractivity contribution is -0.000948. The lowest BCUT2D eigenvalue weighted by Gasteiger charge is -2.27. The number of aromatic nitrogens is 1. The van der Waals surface area contributed by atoms with Gasteiger partial charge in [0, 0.05) is 38.0 Å². The highest BCUT2D eigenvalue weighted by Crippen LogP contribution is 2.35. The van der Waals surface area contributed by atoms with E-state index in [4.69, 9.17) is 18.9 Å². The number of hydrogen-bond donors (Lipinski definition) is 0. The molecule has 6 heteroatoms. The Morgan fingerprint density at radius 3 is 2.65 bits per heavy atom. The predicted molar refractivity (Wildman–Crippen MR) is 99.3 cm³/mol. The van der Waals surface area contributed by atoms with E-state index in [0.717, 1.165) is 35.5 Å². The minimum atomic E-state index is -0.187. The zero-order chi connectivity index (χ0) is 18.7. The molecule has 0 amide bonds. The molecule has 26 heavy (non-hydrogen) atoms. The van der Waals surface area contributed by atoms with Crippen molar-refractivity contribution >= 4 is 0 Å². The minimum absolute atomic E-state index is 0.0318. The topological polar surface area (TPSA) is 58.9 Å². The second kappa shape index (κ2) is 7.93. The summed E-state index contributed by atoms with van der Waals surface area (Å²) in [5.74, 6) is 1.39. The largest absolute Gasteiger partial charge is 0.497 e. The van der Waals surface area contributed by atoms with Crippen LogP contribution in [0.2, 0.25) is 0 Å². The van der Waals surface area contributed by atoms with Crippen LogP contribution < -0.4 is 14.9 Å². The standard InChI is InChI=1S/C20H25NO5/c1-13-18(22)10-19(26-12-16(25-4)11-23-2)21-8-7-14-9-15(24-3)5-6-17(14)20(13)21/h5-6,9-10,16H,7-8,11-12H2,1-4H3/t16-/m0/s1. The van der Waals surface area contributed by atoms with Gasteiger partial charge in [-0.15, -0.1) is 0 Å². The molecule has 0 saturated heterocycles. The average Bonchev–Trinajstić information content (AvgIpc) is 2.67. The molecule has 0 saturated carbocycles. The Morgan fingerprint density at radius 2 is 1.96 bits per heavy atom. The third-order valence-corrected chi connectivity index (χ3v) is 4.79. The molecule has 0 unspecified atom stereocenters. The number of rotatable bonds is 7. The maximum Gasteiger partial charge on any atom is 0.197 e. The fourth-order valence-corrected chi connectivity index (χ4v) is 3.33. The molecule has 0 bridgehead atoms. The lowest BCUT2D eigenvalue weighted by atomic mass is 9.94. The van der Waals surface area contributed by atoms with Crippen molar-refractivity contribution in [1.82, 2.24) is 4.57 Å². The van der Waals surface area contributed by atoms with Crippen LogP contribution in [0.25, 0.3) is 11.3 Å². The summed E-state index contributed by atoms with van der Waals surface area (Å²) >= 11 is 0.